The van der Waals surface area contributed by atoms with Gasteiger partial charge in [0.1, 0.15) is 5.25 Å². The first kappa shape index (κ1) is 24.1. The molecule has 2 amide bonds. The summed E-state index contributed by atoms with van der Waals surface area (Å²) < 4.78 is 10.5. The van der Waals surface area contributed by atoms with E-state index in [4.69, 9.17) is 9.47 Å². The van der Waals surface area contributed by atoms with Crippen molar-refractivity contribution in [2.24, 2.45) is 5.92 Å². The molecule has 186 valence electrons. The fraction of sp³-hybridized carbons (Fsp3) is 0.280. The number of hydrogen-bond acceptors (Lipinski definition) is 9. The number of phenolic OH excluding ortho intramolecular Hbond substituents is 1. The third-order valence-corrected chi connectivity index (χ3v) is 8.50. The van der Waals surface area contributed by atoms with Gasteiger partial charge in [-0.15, -0.1) is 0 Å². The number of aromatic nitrogens is 1. The van der Waals surface area contributed by atoms with Gasteiger partial charge in [-0.2, -0.15) is 0 Å². The average Bonchev–Trinajstić information content (AvgIpc) is 3.35. The van der Waals surface area contributed by atoms with Crippen LogP contribution in [0.25, 0.3) is 0 Å². The molecule has 2 aromatic carbocycles. The number of fused-ring (bicyclic) bond motifs is 2. The highest BCUT2D eigenvalue weighted by molar-refractivity contribution is 8.00. The number of hydrogen-bond donors (Lipinski definition) is 2. The number of ether oxygens (including phenoxy) is 2. The number of esters is 1. The summed E-state index contributed by atoms with van der Waals surface area (Å²) in [6.45, 7) is 4.07. The first-order valence-electron chi connectivity index (χ1n) is 11.3. The molecule has 3 heterocycles. The second-order valence-corrected chi connectivity index (χ2v) is 10.4. The standard InChI is InChI=1S/C25H22N2O7S2/c1-3-33-16-11-13(7-10-15(16)28)17-18-20(35-21-19(17)36-25(32)26-21)23(30)27(22(18)29)14-8-5-12(6-9-14)24(31)34-4-2/h5-11,17-18,20,28H,3-4H2,1-2H3,(H,26,32). The summed E-state index contributed by atoms with van der Waals surface area (Å²) in [7, 11) is 0. The van der Waals surface area contributed by atoms with E-state index < -0.39 is 34.9 Å². The lowest BCUT2D eigenvalue weighted by atomic mass is 9.83. The Hall–Kier alpha value is -3.57. The van der Waals surface area contributed by atoms with Crippen LogP contribution in [0.15, 0.2) is 52.3 Å². The Morgan fingerprint density at radius 2 is 1.81 bits per heavy atom. The number of nitrogens with zero attached hydrogens (tertiary/aromatic N) is 1. The predicted molar refractivity (Wildman–Crippen MR) is 134 cm³/mol. The lowest BCUT2D eigenvalue weighted by Crippen LogP contribution is -2.32. The molecule has 0 bridgehead atoms. The van der Waals surface area contributed by atoms with E-state index in [-0.39, 0.29) is 23.0 Å². The van der Waals surface area contributed by atoms with Gasteiger partial charge in [0.25, 0.3) is 0 Å². The number of rotatable bonds is 6. The number of nitrogens with one attached hydrogen (secondary N) is 1. The maximum absolute atomic E-state index is 13.8. The molecule has 2 aliphatic rings. The number of carbonyl (C=O) groups is 3. The van der Waals surface area contributed by atoms with Crippen LogP contribution in [0, 0.1) is 5.92 Å². The topological polar surface area (TPSA) is 126 Å². The summed E-state index contributed by atoms with van der Waals surface area (Å²) in [6.07, 6.45) is 0. The largest absolute Gasteiger partial charge is 0.504 e. The average molecular weight is 527 g/mol. The predicted octanol–water partition coefficient (Wildman–Crippen LogP) is 3.51. The van der Waals surface area contributed by atoms with Crippen molar-refractivity contribution in [1.82, 2.24) is 4.98 Å². The van der Waals surface area contributed by atoms with E-state index in [0.29, 0.717) is 33.3 Å². The number of benzene rings is 2. The van der Waals surface area contributed by atoms with Crippen molar-refractivity contribution in [3.05, 3.63) is 68.1 Å². The summed E-state index contributed by atoms with van der Waals surface area (Å²) in [5, 5.41) is 9.99. The van der Waals surface area contributed by atoms with Gasteiger partial charge in [0.15, 0.2) is 11.5 Å². The maximum Gasteiger partial charge on any atom is 0.338 e. The lowest BCUT2D eigenvalue weighted by molar-refractivity contribution is -0.122. The molecule has 1 saturated heterocycles. The first-order chi connectivity index (χ1) is 17.3. The summed E-state index contributed by atoms with van der Waals surface area (Å²) in [4.78, 5) is 55.9. The van der Waals surface area contributed by atoms with Crippen LogP contribution in [0.4, 0.5) is 5.69 Å². The van der Waals surface area contributed by atoms with Crippen LogP contribution in [0.1, 0.15) is 40.6 Å². The number of thioether (sulfide) groups is 1. The lowest BCUT2D eigenvalue weighted by Gasteiger charge is -2.30. The van der Waals surface area contributed by atoms with Gasteiger partial charge in [0.05, 0.1) is 35.4 Å². The van der Waals surface area contributed by atoms with Gasteiger partial charge >= 0.3 is 10.8 Å². The number of H-pyrrole nitrogens is 1. The number of aromatic amines is 1. The molecule has 3 unspecified atom stereocenters. The van der Waals surface area contributed by atoms with Crippen LogP contribution < -0.4 is 14.5 Å². The molecule has 11 heteroatoms. The van der Waals surface area contributed by atoms with E-state index in [2.05, 4.69) is 4.98 Å². The number of amides is 2. The number of phenols is 1. The molecule has 0 saturated carbocycles. The second-order valence-electron chi connectivity index (χ2n) is 8.19. The highest BCUT2D eigenvalue weighted by Crippen LogP contribution is 2.53. The molecule has 1 fully saturated rings. The zero-order valence-corrected chi connectivity index (χ0v) is 21.0. The third-order valence-electron chi connectivity index (χ3n) is 6.10. The quantitative estimate of drug-likeness (QED) is 0.369. The number of imide groups is 1. The van der Waals surface area contributed by atoms with E-state index >= 15 is 0 Å². The molecule has 1 aromatic heterocycles. The van der Waals surface area contributed by atoms with E-state index in [9.17, 15) is 24.3 Å². The molecule has 2 N–H and O–H groups in total. The SMILES string of the molecule is CCOC(=O)c1ccc(N2C(=O)C3Sc4[nH]c(=O)sc4C(c4ccc(O)c(OCC)c4)C3C2=O)cc1. The molecule has 0 radical (unpaired) electrons. The Bertz CT molecular complexity index is 1410. The Kier molecular flexibility index (Phi) is 6.35. The number of anilines is 1. The van der Waals surface area contributed by atoms with Crippen LogP contribution >= 0.6 is 23.1 Å². The van der Waals surface area contributed by atoms with Crippen LogP contribution in [-0.4, -0.2) is 46.3 Å². The van der Waals surface area contributed by atoms with Crippen LogP contribution in [0.2, 0.25) is 0 Å². The minimum Gasteiger partial charge on any atom is -0.504 e. The van der Waals surface area contributed by atoms with Gasteiger partial charge in [-0.3, -0.25) is 14.4 Å². The zero-order valence-electron chi connectivity index (χ0n) is 19.3. The molecule has 9 nitrogen and oxygen atoms in total. The number of thiazole rings is 1. The molecular formula is C25H22N2O7S2. The van der Waals surface area contributed by atoms with Crippen molar-refractivity contribution in [1.29, 1.82) is 0 Å². The normalized spacial score (nSPS) is 20.7. The van der Waals surface area contributed by atoms with E-state index in [0.717, 1.165) is 16.2 Å². The highest BCUT2D eigenvalue weighted by atomic mass is 32.2. The van der Waals surface area contributed by atoms with Crippen LogP contribution in [0.5, 0.6) is 11.5 Å². The van der Waals surface area contributed by atoms with E-state index in [1.165, 1.54) is 30.0 Å². The Balaban J connectivity index is 1.56. The van der Waals surface area contributed by atoms with Gasteiger partial charge < -0.3 is 19.6 Å². The minimum absolute atomic E-state index is 0.0399. The molecule has 2 aliphatic heterocycles. The summed E-state index contributed by atoms with van der Waals surface area (Å²) in [5.74, 6) is -2.42. The third kappa shape index (κ3) is 3.97. The van der Waals surface area contributed by atoms with Crippen LogP contribution in [0.3, 0.4) is 0 Å². The highest BCUT2D eigenvalue weighted by Gasteiger charge is 2.56. The molecule has 0 spiro atoms. The Morgan fingerprint density at radius 1 is 1.06 bits per heavy atom. The maximum atomic E-state index is 13.8. The fourth-order valence-corrected chi connectivity index (χ4v) is 7.10. The van der Waals surface area contributed by atoms with Gasteiger partial charge in [0, 0.05) is 10.8 Å². The Labute approximate surface area is 214 Å². The van der Waals surface area contributed by atoms with Crippen molar-refractivity contribution in [3.63, 3.8) is 0 Å². The molecule has 0 aliphatic carbocycles. The second kappa shape index (κ2) is 9.47. The van der Waals surface area contributed by atoms with Gasteiger partial charge in [-0.05, 0) is 55.8 Å². The molecule has 5 rings (SSSR count). The van der Waals surface area contributed by atoms with Crippen molar-refractivity contribution in [2.75, 3.05) is 18.1 Å². The minimum atomic E-state index is -0.773. The molecule has 36 heavy (non-hydrogen) atoms. The van der Waals surface area contributed by atoms with E-state index in [1.807, 2.05) is 0 Å². The zero-order chi connectivity index (χ0) is 25.6. The fourth-order valence-electron chi connectivity index (χ4n) is 4.59. The smallest absolute Gasteiger partial charge is 0.338 e. The van der Waals surface area contributed by atoms with Crippen molar-refractivity contribution in [2.45, 2.75) is 30.0 Å². The van der Waals surface area contributed by atoms with E-state index in [1.54, 1.807) is 38.1 Å². The summed E-state index contributed by atoms with van der Waals surface area (Å²) >= 11 is 2.18. The van der Waals surface area contributed by atoms with Crippen molar-refractivity contribution >= 4 is 46.6 Å². The molecule has 3 aromatic rings. The van der Waals surface area contributed by atoms with Crippen molar-refractivity contribution in [3.8, 4) is 11.5 Å². The molecule has 3 atom stereocenters. The number of aromatic hydroxyl groups is 1. The van der Waals surface area contributed by atoms with Crippen molar-refractivity contribution < 1.29 is 29.0 Å². The summed E-state index contributed by atoms with van der Waals surface area (Å²) in [6, 6.07) is 10.9. The summed E-state index contributed by atoms with van der Waals surface area (Å²) in [5.41, 5.74) is 1.32. The van der Waals surface area contributed by atoms with Gasteiger partial charge in [0.2, 0.25) is 11.8 Å². The Morgan fingerprint density at radius 3 is 2.50 bits per heavy atom. The number of carbonyl (C=O) groups excluding carboxylic acids is 3. The van der Waals surface area contributed by atoms with Gasteiger partial charge in [-0.25, -0.2) is 9.69 Å². The molecular weight excluding hydrogens is 504 g/mol. The van der Waals surface area contributed by atoms with Crippen LogP contribution in [-0.2, 0) is 14.3 Å². The van der Waals surface area contributed by atoms with Gasteiger partial charge in [-0.1, -0.05) is 29.2 Å². The monoisotopic (exact) mass is 526 g/mol. The first-order valence-corrected chi connectivity index (χ1v) is 13.0.